The standard InChI is InChI=1S/C13H15NO2/c1-10(2)7-13(16)12-5-3-11(4-6-12)8-14-9-15/h3-6,10H,7-8H2,1-2H3. The van der Waals surface area contributed by atoms with Crippen LogP contribution in [0.2, 0.25) is 0 Å². The average Bonchev–Trinajstić information content (AvgIpc) is 2.26. The summed E-state index contributed by atoms with van der Waals surface area (Å²) in [6, 6.07) is 7.18. The summed E-state index contributed by atoms with van der Waals surface area (Å²) >= 11 is 0. The summed E-state index contributed by atoms with van der Waals surface area (Å²) in [6.07, 6.45) is 2.05. The molecule has 0 saturated carbocycles. The van der Waals surface area contributed by atoms with Gasteiger partial charge in [0.2, 0.25) is 6.08 Å². The number of rotatable bonds is 5. The number of carbonyl (C=O) groups excluding carboxylic acids is 2. The molecule has 0 heterocycles. The van der Waals surface area contributed by atoms with Crippen molar-refractivity contribution in [3.8, 4) is 0 Å². The van der Waals surface area contributed by atoms with Crippen LogP contribution in [0.25, 0.3) is 0 Å². The van der Waals surface area contributed by atoms with Gasteiger partial charge in [0.25, 0.3) is 0 Å². The number of nitrogens with zero attached hydrogens (tertiary/aromatic N) is 1. The second-order valence-electron chi connectivity index (χ2n) is 4.13. The molecule has 0 atom stereocenters. The molecule has 0 N–H and O–H groups in total. The van der Waals surface area contributed by atoms with Crippen molar-refractivity contribution < 1.29 is 9.59 Å². The number of Topliss-reactive ketones (excluding diaryl/α,β-unsaturated/α-hetero) is 1. The molecule has 1 aromatic rings. The number of hydrogen-bond acceptors (Lipinski definition) is 3. The molecular formula is C13H15NO2. The van der Waals surface area contributed by atoms with Gasteiger partial charge in [0, 0.05) is 12.0 Å². The third kappa shape index (κ3) is 3.79. The van der Waals surface area contributed by atoms with Gasteiger partial charge < -0.3 is 0 Å². The van der Waals surface area contributed by atoms with Crippen LogP contribution in [0.1, 0.15) is 36.2 Å². The van der Waals surface area contributed by atoms with Gasteiger partial charge in [-0.1, -0.05) is 38.1 Å². The molecular weight excluding hydrogens is 202 g/mol. The lowest BCUT2D eigenvalue weighted by Gasteiger charge is -2.04. The molecule has 0 aliphatic carbocycles. The molecule has 0 unspecified atom stereocenters. The summed E-state index contributed by atoms with van der Waals surface area (Å²) in [5.74, 6) is 0.521. The molecule has 0 amide bonds. The largest absolute Gasteiger partial charge is 0.294 e. The Morgan fingerprint density at radius 3 is 2.44 bits per heavy atom. The number of isocyanates is 1. The van der Waals surface area contributed by atoms with Crippen molar-refractivity contribution in [1.29, 1.82) is 0 Å². The van der Waals surface area contributed by atoms with E-state index >= 15 is 0 Å². The summed E-state index contributed by atoms with van der Waals surface area (Å²) in [4.78, 5) is 25.1. The fourth-order valence-corrected chi connectivity index (χ4v) is 1.41. The molecule has 84 valence electrons. The van der Waals surface area contributed by atoms with E-state index in [1.165, 1.54) is 6.08 Å². The zero-order valence-corrected chi connectivity index (χ0v) is 9.56. The van der Waals surface area contributed by atoms with E-state index in [1.54, 1.807) is 12.1 Å². The molecule has 0 bridgehead atoms. The molecule has 0 spiro atoms. The van der Waals surface area contributed by atoms with E-state index in [9.17, 15) is 9.59 Å². The van der Waals surface area contributed by atoms with Crippen molar-refractivity contribution in [2.45, 2.75) is 26.8 Å². The Bertz CT molecular complexity index is 400. The predicted molar refractivity (Wildman–Crippen MR) is 62.1 cm³/mol. The smallest absolute Gasteiger partial charge is 0.235 e. The first-order valence-electron chi connectivity index (χ1n) is 5.29. The van der Waals surface area contributed by atoms with E-state index < -0.39 is 0 Å². The molecule has 0 aliphatic rings. The first-order chi connectivity index (χ1) is 7.63. The Morgan fingerprint density at radius 2 is 1.94 bits per heavy atom. The third-order valence-corrected chi connectivity index (χ3v) is 2.20. The molecule has 0 aromatic heterocycles. The quantitative estimate of drug-likeness (QED) is 0.432. The second-order valence-corrected chi connectivity index (χ2v) is 4.13. The highest BCUT2D eigenvalue weighted by Gasteiger charge is 2.07. The monoisotopic (exact) mass is 217 g/mol. The van der Waals surface area contributed by atoms with E-state index in [0.717, 1.165) is 5.56 Å². The molecule has 3 nitrogen and oxygen atoms in total. The molecule has 0 aliphatic heterocycles. The van der Waals surface area contributed by atoms with Gasteiger partial charge in [-0.15, -0.1) is 0 Å². The summed E-state index contributed by atoms with van der Waals surface area (Å²) in [5.41, 5.74) is 1.62. The van der Waals surface area contributed by atoms with Crippen LogP contribution in [-0.2, 0) is 11.3 Å². The number of ketones is 1. The van der Waals surface area contributed by atoms with Crippen molar-refractivity contribution in [2.75, 3.05) is 0 Å². The van der Waals surface area contributed by atoms with Gasteiger partial charge in [0.15, 0.2) is 5.78 Å². The maximum Gasteiger partial charge on any atom is 0.235 e. The van der Waals surface area contributed by atoms with Crippen LogP contribution >= 0.6 is 0 Å². The highest BCUT2D eigenvalue weighted by molar-refractivity contribution is 5.96. The molecule has 0 fully saturated rings. The van der Waals surface area contributed by atoms with Crippen molar-refractivity contribution in [2.24, 2.45) is 10.9 Å². The van der Waals surface area contributed by atoms with Gasteiger partial charge in [-0.3, -0.25) is 4.79 Å². The molecule has 0 saturated heterocycles. The van der Waals surface area contributed by atoms with Crippen molar-refractivity contribution >= 4 is 11.9 Å². The number of carbonyl (C=O) groups is 1. The van der Waals surface area contributed by atoms with Crippen LogP contribution in [0, 0.1) is 5.92 Å². The third-order valence-electron chi connectivity index (χ3n) is 2.20. The first kappa shape index (κ1) is 12.3. The lowest BCUT2D eigenvalue weighted by molar-refractivity contribution is 0.0968. The van der Waals surface area contributed by atoms with Gasteiger partial charge in [0.05, 0.1) is 6.54 Å². The molecule has 1 rings (SSSR count). The van der Waals surface area contributed by atoms with Crippen LogP contribution in [-0.4, -0.2) is 11.9 Å². The van der Waals surface area contributed by atoms with E-state index in [2.05, 4.69) is 4.99 Å². The fourth-order valence-electron chi connectivity index (χ4n) is 1.41. The summed E-state index contributed by atoms with van der Waals surface area (Å²) in [5, 5.41) is 0. The molecule has 3 heteroatoms. The predicted octanol–water partition coefficient (Wildman–Crippen LogP) is 2.75. The lowest BCUT2D eigenvalue weighted by atomic mass is 10.0. The van der Waals surface area contributed by atoms with Crippen molar-refractivity contribution in [3.63, 3.8) is 0 Å². The van der Waals surface area contributed by atoms with E-state index in [4.69, 9.17) is 0 Å². The number of hydrogen-bond donors (Lipinski definition) is 0. The van der Waals surface area contributed by atoms with Crippen molar-refractivity contribution in [1.82, 2.24) is 0 Å². The summed E-state index contributed by atoms with van der Waals surface area (Å²) < 4.78 is 0. The zero-order valence-electron chi connectivity index (χ0n) is 9.56. The highest BCUT2D eigenvalue weighted by Crippen LogP contribution is 2.11. The normalized spacial score (nSPS) is 9.94. The molecule has 16 heavy (non-hydrogen) atoms. The van der Waals surface area contributed by atoms with Gasteiger partial charge >= 0.3 is 0 Å². The van der Waals surface area contributed by atoms with Crippen molar-refractivity contribution in [3.05, 3.63) is 35.4 Å². The fraction of sp³-hybridized carbons (Fsp3) is 0.385. The summed E-state index contributed by atoms with van der Waals surface area (Å²) in [7, 11) is 0. The maximum atomic E-state index is 11.7. The average molecular weight is 217 g/mol. The Morgan fingerprint density at radius 1 is 1.31 bits per heavy atom. The molecule has 1 aromatic carbocycles. The summed E-state index contributed by atoms with van der Waals surface area (Å²) in [6.45, 7) is 4.36. The minimum atomic E-state index is 0.153. The van der Waals surface area contributed by atoms with Gasteiger partial charge in [-0.05, 0) is 11.5 Å². The van der Waals surface area contributed by atoms with Crippen LogP contribution in [0.3, 0.4) is 0 Å². The topological polar surface area (TPSA) is 46.5 Å². The van der Waals surface area contributed by atoms with Gasteiger partial charge in [0.1, 0.15) is 0 Å². The Kier molecular flexibility index (Phi) is 4.62. The van der Waals surface area contributed by atoms with Crippen LogP contribution in [0.5, 0.6) is 0 Å². The Balaban J connectivity index is 2.70. The van der Waals surface area contributed by atoms with Gasteiger partial charge in [-0.2, -0.15) is 0 Å². The highest BCUT2D eigenvalue weighted by atomic mass is 16.1. The Labute approximate surface area is 95.2 Å². The van der Waals surface area contributed by atoms with Crippen LogP contribution in [0.15, 0.2) is 29.3 Å². The zero-order chi connectivity index (χ0) is 12.0. The SMILES string of the molecule is CC(C)CC(=O)c1ccc(CN=C=O)cc1. The number of aliphatic imine (C=N–C) groups is 1. The minimum Gasteiger partial charge on any atom is -0.294 e. The van der Waals surface area contributed by atoms with E-state index in [0.29, 0.717) is 24.4 Å². The number of benzene rings is 1. The minimum absolute atomic E-state index is 0.153. The van der Waals surface area contributed by atoms with Crippen LogP contribution < -0.4 is 0 Å². The van der Waals surface area contributed by atoms with E-state index in [-0.39, 0.29) is 5.78 Å². The molecule has 0 radical (unpaired) electrons. The Hall–Kier alpha value is -1.73. The van der Waals surface area contributed by atoms with E-state index in [1.807, 2.05) is 26.0 Å². The lowest BCUT2D eigenvalue weighted by Crippen LogP contribution is -2.03. The maximum absolute atomic E-state index is 11.7. The first-order valence-corrected chi connectivity index (χ1v) is 5.29. The van der Waals surface area contributed by atoms with Crippen LogP contribution in [0.4, 0.5) is 0 Å². The van der Waals surface area contributed by atoms with Gasteiger partial charge in [-0.25, -0.2) is 9.79 Å². The second kappa shape index (κ2) is 5.99.